The Bertz CT molecular complexity index is 893. The van der Waals surface area contributed by atoms with Crippen LogP contribution in [-0.4, -0.2) is 30.9 Å². The standard InChI is InChI=1S/C19H18N2O3S/c1-23-14-8-9-16(24-2)15(11-14)21-18(22)12-25-17-7-3-5-13-6-4-10-20-19(13)17/h3-11H,12H2,1-2H3,(H,21,22). The summed E-state index contributed by atoms with van der Waals surface area (Å²) < 4.78 is 10.5. The quantitative estimate of drug-likeness (QED) is 0.679. The second-order valence-electron chi connectivity index (χ2n) is 5.23. The van der Waals surface area contributed by atoms with E-state index in [0.717, 1.165) is 15.8 Å². The Kier molecular flexibility index (Phi) is 5.40. The lowest BCUT2D eigenvalue weighted by Crippen LogP contribution is -2.14. The largest absolute Gasteiger partial charge is 0.497 e. The lowest BCUT2D eigenvalue weighted by Gasteiger charge is -2.12. The summed E-state index contributed by atoms with van der Waals surface area (Å²) >= 11 is 1.45. The zero-order valence-electron chi connectivity index (χ0n) is 14.0. The molecule has 0 aliphatic carbocycles. The maximum absolute atomic E-state index is 12.3. The van der Waals surface area contributed by atoms with Crippen LogP contribution in [0.1, 0.15) is 0 Å². The van der Waals surface area contributed by atoms with Gasteiger partial charge in [-0.05, 0) is 24.3 Å². The molecule has 1 amide bonds. The minimum Gasteiger partial charge on any atom is -0.497 e. The summed E-state index contributed by atoms with van der Waals surface area (Å²) in [7, 11) is 3.14. The summed E-state index contributed by atoms with van der Waals surface area (Å²) in [6, 6.07) is 15.1. The summed E-state index contributed by atoms with van der Waals surface area (Å²) in [5.74, 6) is 1.40. The Labute approximate surface area is 150 Å². The average Bonchev–Trinajstić information content (AvgIpc) is 2.66. The van der Waals surface area contributed by atoms with Crippen molar-refractivity contribution < 1.29 is 14.3 Å². The van der Waals surface area contributed by atoms with Gasteiger partial charge in [-0.1, -0.05) is 18.2 Å². The molecule has 25 heavy (non-hydrogen) atoms. The smallest absolute Gasteiger partial charge is 0.234 e. The summed E-state index contributed by atoms with van der Waals surface area (Å²) in [6.45, 7) is 0. The Morgan fingerprint density at radius 3 is 2.76 bits per heavy atom. The second-order valence-corrected chi connectivity index (χ2v) is 6.25. The van der Waals surface area contributed by atoms with Gasteiger partial charge in [0.05, 0.1) is 31.2 Å². The zero-order valence-corrected chi connectivity index (χ0v) is 14.8. The molecule has 0 spiro atoms. The Balaban J connectivity index is 1.71. The van der Waals surface area contributed by atoms with Gasteiger partial charge in [0.1, 0.15) is 11.5 Å². The molecule has 0 saturated carbocycles. The highest BCUT2D eigenvalue weighted by atomic mass is 32.2. The van der Waals surface area contributed by atoms with Crippen molar-refractivity contribution >= 4 is 34.3 Å². The number of nitrogens with one attached hydrogen (secondary N) is 1. The highest BCUT2D eigenvalue weighted by Gasteiger charge is 2.11. The molecule has 3 rings (SSSR count). The predicted octanol–water partition coefficient (Wildman–Crippen LogP) is 3.98. The van der Waals surface area contributed by atoms with Crippen LogP contribution in [0.15, 0.2) is 59.6 Å². The number of anilines is 1. The van der Waals surface area contributed by atoms with E-state index in [1.807, 2.05) is 30.3 Å². The summed E-state index contributed by atoms with van der Waals surface area (Å²) in [5.41, 5.74) is 1.49. The second kappa shape index (κ2) is 7.90. The normalized spacial score (nSPS) is 10.5. The molecular formula is C19H18N2O3S. The molecule has 0 saturated heterocycles. The molecule has 0 bridgehead atoms. The van der Waals surface area contributed by atoms with Crippen molar-refractivity contribution in [3.05, 3.63) is 54.7 Å². The molecule has 6 heteroatoms. The van der Waals surface area contributed by atoms with Crippen LogP contribution < -0.4 is 14.8 Å². The summed E-state index contributed by atoms with van der Waals surface area (Å²) in [4.78, 5) is 17.7. The van der Waals surface area contributed by atoms with Crippen molar-refractivity contribution in [2.24, 2.45) is 0 Å². The molecule has 1 heterocycles. The molecular weight excluding hydrogens is 336 g/mol. The Morgan fingerprint density at radius 1 is 1.12 bits per heavy atom. The van der Waals surface area contributed by atoms with Crippen molar-refractivity contribution in [2.45, 2.75) is 4.90 Å². The molecule has 0 aliphatic rings. The molecule has 1 aromatic heterocycles. The topological polar surface area (TPSA) is 60.5 Å². The molecule has 5 nitrogen and oxygen atoms in total. The van der Waals surface area contributed by atoms with Gasteiger partial charge in [0.2, 0.25) is 5.91 Å². The lowest BCUT2D eigenvalue weighted by atomic mass is 10.2. The first-order valence-corrected chi connectivity index (χ1v) is 8.68. The fourth-order valence-corrected chi connectivity index (χ4v) is 3.27. The molecule has 0 unspecified atom stereocenters. The van der Waals surface area contributed by atoms with E-state index < -0.39 is 0 Å². The maximum atomic E-state index is 12.3. The van der Waals surface area contributed by atoms with Crippen LogP contribution in [0.5, 0.6) is 11.5 Å². The van der Waals surface area contributed by atoms with Crippen LogP contribution in [0.3, 0.4) is 0 Å². The SMILES string of the molecule is COc1ccc(OC)c(NC(=O)CSc2cccc3cccnc23)c1. The van der Waals surface area contributed by atoms with E-state index >= 15 is 0 Å². The van der Waals surface area contributed by atoms with E-state index in [9.17, 15) is 4.79 Å². The Hall–Kier alpha value is -2.73. The van der Waals surface area contributed by atoms with Gasteiger partial charge < -0.3 is 14.8 Å². The number of rotatable bonds is 6. The lowest BCUT2D eigenvalue weighted by molar-refractivity contribution is -0.113. The number of pyridine rings is 1. The molecule has 0 aliphatic heterocycles. The van der Waals surface area contributed by atoms with E-state index in [0.29, 0.717) is 17.2 Å². The fraction of sp³-hybridized carbons (Fsp3) is 0.158. The van der Waals surface area contributed by atoms with Gasteiger partial charge in [0.25, 0.3) is 0 Å². The number of benzene rings is 2. The van der Waals surface area contributed by atoms with Crippen molar-refractivity contribution in [3.63, 3.8) is 0 Å². The number of hydrogen-bond donors (Lipinski definition) is 1. The van der Waals surface area contributed by atoms with Gasteiger partial charge in [0.15, 0.2) is 0 Å². The number of amides is 1. The third kappa shape index (κ3) is 4.03. The molecule has 0 radical (unpaired) electrons. The van der Waals surface area contributed by atoms with E-state index in [4.69, 9.17) is 9.47 Å². The van der Waals surface area contributed by atoms with E-state index in [2.05, 4.69) is 10.3 Å². The van der Waals surface area contributed by atoms with Crippen LogP contribution in [0.2, 0.25) is 0 Å². The maximum Gasteiger partial charge on any atom is 0.234 e. The summed E-state index contributed by atoms with van der Waals surface area (Å²) in [6.07, 6.45) is 1.76. The first kappa shape index (κ1) is 17.1. The van der Waals surface area contributed by atoms with Crippen LogP contribution in [0.25, 0.3) is 10.9 Å². The molecule has 0 atom stereocenters. The fourth-order valence-electron chi connectivity index (χ4n) is 2.43. The predicted molar refractivity (Wildman–Crippen MR) is 101 cm³/mol. The number of carbonyl (C=O) groups is 1. The van der Waals surface area contributed by atoms with E-state index in [1.165, 1.54) is 11.8 Å². The highest BCUT2D eigenvalue weighted by molar-refractivity contribution is 8.00. The number of fused-ring (bicyclic) bond motifs is 1. The number of aromatic nitrogens is 1. The third-order valence-corrected chi connectivity index (χ3v) is 4.68. The van der Waals surface area contributed by atoms with E-state index in [-0.39, 0.29) is 11.7 Å². The number of hydrogen-bond acceptors (Lipinski definition) is 5. The zero-order chi connectivity index (χ0) is 17.6. The van der Waals surface area contributed by atoms with Crippen molar-refractivity contribution in [3.8, 4) is 11.5 Å². The highest BCUT2D eigenvalue weighted by Crippen LogP contribution is 2.30. The van der Waals surface area contributed by atoms with Gasteiger partial charge >= 0.3 is 0 Å². The number of para-hydroxylation sites is 1. The Morgan fingerprint density at radius 2 is 1.96 bits per heavy atom. The third-order valence-electron chi connectivity index (χ3n) is 3.64. The first-order valence-electron chi connectivity index (χ1n) is 7.69. The number of ether oxygens (including phenoxy) is 2. The molecule has 0 fully saturated rings. The number of thioether (sulfide) groups is 1. The summed E-state index contributed by atoms with van der Waals surface area (Å²) in [5, 5.41) is 3.93. The van der Waals surface area contributed by atoms with Crippen LogP contribution in [0, 0.1) is 0 Å². The van der Waals surface area contributed by atoms with Gasteiger partial charge in [-0.15, -0.1) is 11.8 Å². The average molecular weight is 354 g/mol. The minimum absolute atomic E-state index is 0.121. The van der Waals surface area contributed by atoms with Crippen molar-refractivity contribution in [1.29, 1.82) is 0 Å². The van der Waals surface area contributed by atoms with Crippen molar-refractivity contribution in [1.82, 2.24) is 4.98 Å². The number of methoxy groups -OCH3 is 2. The molecule has 3 aromatic rings. The first-order chi connectivity index (χ1) is 12.2. The number of nitrogens with zero attached hydrogens (tertiary/aromatic N) is 1. The van der Waals surface area contributed by atoms with Crippen LogP contribution in [-0.2, 0) is 4.79 Å². The van der Waals surface area contributed by atoms with Crippen LogP contribution in [0.4, 0.5) is 5.69 Å². The van der Waals surface area contributed by atoms with Gasteiger partial charge in [-0.2, -0.15) is 0 Å². The molecule has 128 valence electrons. The minimum atomic E-state index is -0.121. The molecule has 1 N–H and O–H groups in total. The number of carbonyl (C=O) groups excluding carboxylic acids is 1. The van der Waals surface area contributed by atoms with Gasteiger partial charge in [-0.3, -0.25) is 9.78 Å². The van der Waals surface area contributed by atoms with E-state index in [1.54, 1.807) is 38.6 Å². The monoisotopic (exact) mass is 354 g/mol. The molecule has 2 aromatic carbocycles. The van der Waals surface area contributed by atoms with Gasteiger partial charge in [-0.25, -0.2) is 0 Å². The van der Waals surface area contributed by atoms with Gasteiger partial charge in [0, 0.05) is 22.5 Å². The van der Waals surface area contributed by atoms with Crippen LogP contribution >= 0.6 is 11.8 Å². The van der Waals surface area contributed by atoms with Crippen molar-refractivity contribution in [2.75, 3.05) is 25.3 Å².